The van der Waals surface area contributed by atoms with Gasteiger partial charge in [-0.2, -0.15) is 0 Å². The van der Waals surface area contributed by atoms with E-state index in [-0.39, 0.29) is 12.7 Å². The van der Waals surface area contributed by atoms with Crippen LogP contribution in [0.25, 0.3) is 0 Å². The number of rotatable bonds is 10. The Kier molecular flexibility index (Phi) is 8.14. The lowest BCUT2D eigenvalue weighted by Crippen LogP contribution is -2.17. The van der Waals surface area contributed by atoms with Crippen LogP contribution in [0.1, 0.15) is 30.7 Å². The van der Waals surface area contributed by atoms with E-state index < -0.39 is 5.97 Å². The number of aromatic nitrogens is 1. The van der Waals surface area contributed by atoms with Crippen molar-refractivity contribution in [1.82, 2.24) is 4.98 Å². The van der Waals surface area contributed by atoms with E-state index in [0.717, 1.165) is 11.3 Å². The molecule has 2 rings (SSSR count). The van der Waals surface area contributed by atoms with Gasteiger partial charge in [0, 0.05) is 13.5 Å². The maximum Gasteiger partial charge on any atom is 0.344 e. The maximum absolute atomic E-state index is 11.4. The van der Waals surface area contributed by atoms with Gasteiger partial charge in [-0.25, -0.2) is 4.79 Å². The van der Waals surface area contributed by atoms with Gasteiger partial charge in [0.2, 0.25) is 0 Å². The zero-order valence-electron chi connectivity index (χ0n) is 15.9. The normalized spacial score (nSPS) is 11.7. The molecule has 1 aromatic carbocycles. The molecule has 142 valence electrons. The fraction of sp³-hybridized carbons (Fsp3) is 0.400. The molecule has 0 spiro atoms. The molecule has 0 N–H and O–H groups in total. The molecule has 27 heavy (non-hydrogen) atoms. The molecule has 7 heteroatoms. The molecule has 1 heterocycles. The summed E-state index contributed by atoms with van der Waals surface area (Å²) in [6.45, 7) is 4.37. The molecule has 1 aromatic heterocycles. The van der Waals surface area contributed by atoms with Crippen LogP contribution < -0.4 is 15.1 Å². The minimum absolute atomic E-state index is 0.126. The Morgan fingerprint density at radius 1 is 1.26 bits per heavy atom. The van der Waals surface area contributed by atoms with E-state index in [1.807, 2.05) is 25.1 Å². The molecular weight excluding hydrogens is 345 g/mol. The van der Waals surface area contributed by atoms with Crippen molar-refractivity contribution in [3.8, 4) is 11.5 Å². The first kappa shape index (κ1) is 20.8. The van der Waals surface area contributed by atoms with Gasteiger partial charge < -0.3 is 18.9 Å². The third-order valence-corrected chi connectivity index (χ3v) is 3.78. The summed E-state index contributed by atoms with van der Waals surface area (Å²) in [6, 6.07) is 10.9. The number of pyridine rings is 1. The molecule has 6 nitrogen and oxygen atoms in total. The molecular formula is C20H24BNO5. The van der Waals surface area contributed by atoms with E-state index in [4.69, 9.17) is 26.8 Å². The number of esters is 1. The quantitative estimate of drug-likeness (QED) is 0.473. The average Bonchev–Trinajstić information content (AvgIpc) is 2.64. The van der Waals surface area contributed by atoms with Crippen LogP contribution in [0.4, 0.5) is 0 Å². The van der Waals surface area contributed by atoms with Crippen LogP contribution in [0.3, 0.4) is 0 Å². The van der Waals surface area contributed by atoms with Crippen molar-refractivity contribution in [1.29, 1.82) is 0 Å². The topological polar surface area (TPSA) is 66.9 Å². The van der Waals surface area contributed by atoms with Crippen molar-refractivity contribution >= 4 is 19.4 Å². The molecule has 1 atom stereocenters. The van der Waals surface area contributed by atoms with Gasteiger partial charge in [-0.15, -0.1) is 0 Å². The van der Waals surface area contributed by atoms with Crippen molar-refractivity contribution in [3.05, 3.63) is 47.7 Å². The molecule has 0 fully saturated rings. The second kappa shape index (κ2) is 10.6. The van der Waals surface area contributed by atoms with Crippen molar-refractivity contribution < 1.29 is 23.7 Å². The predicted octanol–water partition coefficient (Wildman–Crippen LogP) is 2.28. The fourth-order valence-corrected chi connectivity index (χ4v) is 2.50. The van der Waals surface area contributed by atoms with Crippen molar-refractivity contribution in [2.45, 2.75) is 26.4 Å². The van der Waals surface area contributed by atoms with Crippen LogP contribution in [0, 0.1) is 6.92 Å². The number of nitrogens with zero attached hydrogens (tertiary/aromatic N) is 1. The SMILES string of the molecule is [B]c1cccc(C(CCOC)Oc2ccc(OCC(=O)OCC)c(C)c2)n1. The van der Waals surface area contributed by atoms with E-state index in [1.165, 1.54) is 0 Å². The summed E-state index contributed by atoms with van der Waals surface area (Å²) in [5.74, 6) is 0.872. The highest BCUT2D eigenvalue weighted by Crippen LogP contribution is 2.28. The monoisotopic (exact) mass is 369 g/mol. The first-order valence-corrected chi connectivity index (χ1v) is 8.80. The van der Waals surface area contributed by atoms with E-state index in [0.29, 0.717) is 36.7 Å². The number of ether oxygens (including phenoxy) is 4. The van der Waals surface area contributed by atoms with Gasteiger partial charge in [0.05, 0.1) is 18.9 Å². The number of aryl methyl sites for hydroxylation is 1. The molecule has 1 unspecified atom stereocenters. The van der Waals surface area contributed by atoms with E-state index in [1.54, 1.807) is 32.2 Å². The number of hydrogen-bond donors (Lipinski definition) is 0. The largest absolute Gasteiger partial charge is 0.484 e. The first-order valence-electron chi connectivity index (χ1n) is 8.80. The maximum atomic E-state index is 11.4. The summed E-state index contributed by atoms with van der Waals surface area (Å²) in [7, 11) is 7.43. The van der Waals surface area contributed by atoms with Crippen LogP contribution >= 0.6 is 0 Å². The van der Waals surface area contributed by atoms with Gasteiger partial charge in [0.25, 0.3) is 0 Å². The predicted molar refractivity (Wildman–Crippen MR) is 103 cm³/mol. The number of carbonyl (C=O) groups is 1. The molecule has 2 radical (unpaired) electrons. The Bertz CT molecular complexity index is 753. The summed E-state index contributed by atoms with van der Waals surface area (Å²) in [5, 5.41) is 0. The Morgan fingerprint density at radius 3 is 2.74 bits per heavy atom. The lowest BCUT2D eigenvalue weighted by Gasteiger charge is -2.20. The molecule has 0 saturated heterocycles. The summed E-state index contributed by atoms with van der Waals surface area (Å²) in [6.07, 6.45) is 0.340. The molecule has 2 aromatic rings. The van der Waals surface area contributed by atoms with Crippen molar-refractivity contribution in [3.63, 3.8) is 0 Å². The molecule has 0 aliphatic heterocycles. The minimum Gasteiger partial charge on any atom is -0.484 e. The lowest BCUT2D eigenvalue weighted by molar-refractivity contribution is -0.145. The first-order chi connectivity index (χ1) is 13.0. The number of methoxy groups -OCH3 is 1. The summed E-state index contributed by atoms with van der Waals surface area (Å²) >= 11 is 0. The second-order valence-electron chi connectivity index (χ2n) is 5.90. The van der Waals surface area contributed by atoms with Crippen molar-refractivity contribution in [2.75, 3.05) is 26.9 Å². The molecule has 0 aliphatic carbocycles. The molecule has 0 amide bonds. The number of hydrogen-bond acceptors (Lipinski definition) is 6. The Hall–Kier alpha value is -2.54. The van der Waals surface area contributed by atoms with Crippen LogP contribution in [0.2, 0.25) is 0 Å². The van der Waals surface area contributed by atoms with Crippen LogP contribution in [0.5, 0.6) is 11.5 Å². The zero-order valence-corrected chi connectivity index (χ0v) is 15.9. The number of carbonyl (C=O) groups excluding carboxylic acids is 1. The van der Waals surface area contributed by atoms with Gasteiger partial charge >= 0.3 is 5.97 Å². The summed E-state index contributed by atoms with van der Waals surface area (Å²) < 4.78 is 21.6. The van der Waals surface area contributed by atoms with Crippen LogP contribution in [-0.4, -0.2) is 45.7 Å². The fourth-order valence-electron chi connectivity index (χ4n) is 2.50. The van der Waals surface area contributed by atoms with Crippen molar-refractivity contribution in [2.24, 2.45) is 0 Å². The smallest absolute Gasteiger partial charge is 0.344 e. The van der Waals surface area contributed by atoms with Gasteiger partial charge in [0.15, 0.2) is 6.61 Å². The average molecular weight is 369 g/mol. The summed E-state index contributed by atoms with van der Waals surface area (Å²) in [5.41, 5.74) is 2.03. The summed E-state index contributed by atoms with van der Waals surface area (Å²) in [4.78, 5) is 15.8. The standard InChI is InChI=1S/C20H24BNO5/c1-4-25-20(23)13-26-17-9-8-15(12-14(17)2)27-18(10-11-24-3)16-6-5-7-19(21)22-16/h5-9,12,18H,4,10-11,13H2,1-3H3. The van der Waals surface area contributed by atoms with Gasteiger partial charge in [-0.1, -0.05) is 12.1 Å². The molecule has 0 saturated carbocycles. The third kappa shape index (κ3) is 6.60. The van der Waals surface area contributed by atoms with E-state index in [2.05, 4.69) is 4.98 Å². The van der Waals surface area contributed by atoms with Gasteiger partial charge in [-0.05, 0) is 49.3 Å². The lowest BCUT2D eigenvalue weighted by atomic mass is 10.0. The number of benzene rings is 1. The van der Waals surface area contributed by atoms with E-state index in [9.17, 15) is 4.79 Å². The van der Waals surface area contributed by atoms with Crippen LogP contribution in [-0.2, 0) is 14.3 Å². The Morgan fingerprint density at radius 2 is 2.07 bits per heavy atom. The third-order valence-electron chi connectivity index (χ3n) is 3.78. The molecule has 0 bridgehead atoms. The Balaban J connectivity index is 2.08. The molecule has 0 aliphatic rings. The van der Waals surface area contributed by atoms with Gasteiger partial charge in [0.1, 0.15) is 25.4 Å². The zero-order chi connectivity index (χ0) is 19.6. The highest BCUT2D eigenvalue weighted by molar-refractivity contribution is 6.30. The van der Waals surface area contributed by atoms with Crippen LogP contribution in [0.15, 0.2) is 36.4 Å². The Labute approximate surface area is 161 Å². The minimum atomic E-state index is -0.399. The van der Waals surface area contributed by atoms with E-state index >= 15 is 0 Å². The highest BCUT2D eigenvalue weighted by Gasteiger charge is 2.16. The van der Waals surface area contributed by atoms with Gasteiger partial charge in [-0.3, -0.25) is 4.98 Å². The second-order valence-corrected chi connectivity index (χ2v) is 5.90. The highest BCUT2D eigenvalue weighted by atomic mass is 16.6.